The summed E-state index contributed by atoms with van der Waals surface area (Å²) in [5.41, 5.74) is 4.19. The second-order valence-electron chi connectivity index (χ2n) is 7.30. The van der Waals surface area contributed by atoms with Crippen molar-refractivity contribution in [3.05, 3.63) is 71.8 Å². The minimum atomic E-state index is -0.789. The Morgan fingerprint density at radius 3 is 2.03 bits per heavy atom. The molecule has 0 aliphatic carbocycles. The predicted molar refractivity (Wildman–Crippen MR) is 115 cm³/mol. The Morgan fingerprint density at radius 2 is 1.41 bits per heavy atom. The van der Waals surface area contributed by atoms with Gasteiger partial charge in [0.1, 0.15) is 11.6 Å². The second kappa shape index (κ2) is 10.5. The first-order valence-corrected chi connectivity index (χ1v) is 10.3. The van der Waals surface area contributed by atoms with Gasteiger partial charge in [-0.2, -0.15) is 14.6 Å². The van der Waals surface area contributed by atoms with Crippen molar-refractivity contribution < 1.29 is 4.39 Å². The van der Waals surface area contributed by atoms with Crippen LogP contribution in [0.4, 0.5) is 4.39 Å². The van der Waals surface area contributed by atoms with Gasteiger partial charge in [0.15, 0.2) is 5.82 Å². The number of nitrogens with zero attached hydrogens (tertiary/aromatic N) is 3. The molecule has 3 nitrogen and oxygen atoms in total. The van der Waals surface area contributed by atoms with Crippen LogP contribution >= 0.6 is 0 Å². The molecule has 2 aromatic carbocycles. The number of aryl methyl sites for hydroxylation is 1. The van der Waals surface area contributed by atoms with Gasteiger partial charge in [0.05, 0.1) is 6.20 Å². The van der Waals surface area contributed by atoms with Crippen LogP contribution in [-0.4, -0.2) is 9.97 Å². The van der Waals surface area contributed by atoms with Crippen LogP contribution in [-0.2, 0) is 6.42 Å². The van der Waals surface area contributed by atoms with Crippen molar-refractivity contribution in [1.29, 1.82) is 5.26 Å². The van der Waals surface area contributed by atoms with Crippen molar-refractivity contribution >= 4 is 0 Å². The van der Waals surface area contributed by atoms with Gasteiger partial charge in [-0.25, -0.2) is 4.98 Å². The molecular weight excluding hydrogens is 361 g/mol. The highest BCUT2D eigenvalue weighted by Crippen LogP contribution is 2.24. The maximum absolute atomic E-state index is 13.7. The molecule has 0 fully saturated rings. The van der Waals surface area contributed by atoms with E-state index in [2.05, 4.69) is 41.2 Å². The predicted octanol–water partition coefficient (Wildman–Crippen LogP) is 6.72. The first kappa shape index (κ1) is 20.7. The summed E-state index contributed by atoms with van der Waals surface area (Å²) in [4.78, 5) is 7.85. The van der Waals surface area contributed by atoms with Crippen LogP contribution in [0.2, 0.25) is 0 Å². The lowest BCUT2D eigenvalue weighted by atomic mass is 10.00. The summed E-state index contributed by atoms with van der Waals surface area (Å²) < 4.78 is 13.7. The fourth-order valence-corrected chi connectivity index (χ4v) is 3.36. The number of hydrogen-bond donors (Lipinski definition) is 0. The van der Waals surface area contributed by atoms with E-state index in [0.29, 0.717) is 0 Å². The van der Waals surface area contributed by atoms with Gasteiger partial charge in [-0.15, -0.1) is 0 Å². The van der Waals surface area contributed by atoms with Crippen LogP contribution < -0.4 is 0 Å². The number of rotatable bonds is 9. The van der Waals surface area contributed by atoms with Crippen LogP contribution in [0.1, 0.15) is 56.6 Å². The second-order valence-corrected chi connectivity index (χ2v) is 7.30. The summed E-state index contributed by atoms with van der Waals surface area (Å²) in [7, 11) is 0. The SMILES string of the molecule is CCCCCCCCc1ccc(-c2ccc(-c3ncc(C#N)c(F)n3)cc2)cc1. The molecule has 0 saturated heterocycles. The molecule has 0 bridgehead atoms. The van der Waals surface area contributed by atoms with Crippen LogP contribution in [0.15, 0.2) is 54.7 Å². The van der Waals surface area contributed by atoms with Crippen LogP contribution in [0.5, 0.6) is 0 Å². The van der Waals surface area contributed by atoms with Crippen LogP contribution in [0.3, 0.4) is 0 Å². The highest BCUT2D eigenvalue weighted by atomic mass is 19.1. The quantitative estimate of drug-likeness (QED) is 0.302. The Balaban J connectivity index is 1.60. The standard InChI is InChI=1S/C25H26FN3/c1-2-3-4-5-6-7-8-19-9-11-20(12-10-19)21-13-15-22(16-14-21)25-28-18-23(17-27)24(26)29-25/h9-16,18H,2-8H2,1H3. The van der Waals surface area contributed by atoms with Crippen molar-refractivity contribution in [3.8, 4) is 28.6 Å². The van der Waals surface area contributed by atoms with Crippen molar-refractivity contribution in [2.75, 3.05) is 0 Å². The Hall–Kier alpha value is -3.06. The van der Waals surface area contributed by atoms with E-state index in [1.54, 1.807) is 6.07 Å². The van der Waals surface area contributed by atoms with Crippen LogP contribution in [0, 0.1) is 17.3 Å². The zero-order valence-corrected chi connectivity index (χ0v) is 16.9. The third-order valence-corrected chi connectivity index (χ3v) is 5.11. The minimum absolute atomic E-state index is 0.147. The summed E-state index contributed by atoms with van der Waals surface area (Å²) in [6.07, 6.45) is 10.2. The molecule has 0 atom stereocenters. The van der Waals surface area contributed by atoms with Gasteiger partial charge in [0.25, 0.3) is 0 Å². The lowest BCUT2D eigenvalue weighted by Crippen LogP contribution is -1.96. The van der Waals surface area contributed by atoms with E-state index >= 15 is 0 Å². The Labute approximate surface area is 172 Å². The molecule has 4 heteroatoms. The lowest BCUT2D eigenvalue weighted by Gasteiger charge is -2.06. The maximum atomic E-state index is 13.7. The summed E-state index contributed by atoms with van der Waals surface area (Å²) in [6.45, 7) is 2.25. The van der Waals surface area contributed by atoms with Gasteiger partial charge in [-0.05, 0) is 29.5 Å². The number of hydrogen-bond acceptors (Lipinski definition) is 3. The normalized spacial score (nSPS) is 10.7. The van der Waals surface area contributed by atoms with E-state index < -0.39 is 5.95 Å². The lowest BCUT2D eigenvalue weighted by molar-refractivity contribution is 0.577. The van der Waals surface area contributed by atoms with Crippen LogP contribution in [0.25, 0.3) is 22.5 Å². The highest BCUT2D eigenvalue weighted by molar-refractivity contribution is 5.67. The van der Waals surface area contributed by atoms with E-state index in [9.17, 15) is 4.39 Å². The molecular formula is C25H26FN3. The fourth-order valence-electron chi connectivity index (χ4n) is 3.36. The number of unbranched alkanes of at least 4 members (excludes halogenated alkanes) is 5. The highest BCUT2D eigenvalue weighted by Gasteiger charge is 2.08. The Morgan fingerprint density at radius 1 is 0.828 bits per heavy atom. The molecule has 0 amide bonds. The number of aromatic nitrogens is 2. The minimum Gasteiger partial charge on any atom is -0.235 e. The monoisotopic (exact) mass is 387 g/mol. The van der Waals surface area contributed by atoms with Gasteiger partial charge in [0, 0.05) is 5.56 Å². The topological polar surface area (TPSA) is 49.6 Å². The van der Waals surface area contributed by atoms with Crippen molar-refractivity contribution in [1.82, 2.24) is 9.97 Å². The van der Waals surface area contributed by atoms with Gasteiger partial charge in [-0.1, -0.05) is 87.6 Å². The molecule has 0 N–H and O–H groups in total. The maximum Gasteiger partial charge on any atom is 0.234 e. The molecule has 3 rings (SSSR count). The first-order valence-electron chi connectivity index (χ1n) is 10.3. The Kier molecular flexibility index (Phi) is 7.47. The van der Waals surface area contributed by atoms with Gasteiger partial charge in [0.2, 0.25) is 5.95 Å². The summed E-state index contributed by atoms with van der Waals surface area (Å²) >= 11 is 0. The van der Waals surface area contributed by atoms with Crippen molar-refractivity contribution in [3.63, 3.8) is 0 Å². The summed E-state index contributed by atoms with van der Waals surface area (Å²) in [5.74, 6) is -0.509. The molecule has 0 radical (unpaired) electrons. The molecule has 0 saturated carbocycles. The molecule has 0 aliphatic rings. The van der Waals surface area contributed by atoms with E-state index in [1.807, 2.05) is 24.3 Å². The van der Waals surface area contributed by atoms with Gasteiger partial charge in [-0.3, -0.25) is 0 Å². The van der Waals surface area contributed by atoms with E-state index in [-0.39, 0.29) is 11.4 Å². The molecule has 1 heterocycles. The third kappa shape index (κ3) is 5.71. The zero-order chi connectivity index (χ0) is 20.5. The number of halogens is 1. The van der Waals surface area contributed by atoms with Gasteiger partial charge < -0.3 is 0 Å². The average molecular weight is 388 g/mol. The summed E-state index contributed by atoms with van der Waals surface area (Å²) in [5, 5.41) is 8.78. The largest absolute Gasteiger partial charge is 0.235 e. The van der Waals surface area contributed by atoms with Crippen molar-refractivity contribution in [2.24, 2.45) is 0 Å². The summed E-state index contributed by atoms with van der Waals surface area (Å²) in [6, 6.07) is 18.2. The Bertz CT molecular complexity index is 957. The van der Waals surface area contributed by atoms with E-state index in [4.69, 9.17) is 5.26 Å². The molecule has 29 heavy (non-hydrogen) atoms. The number of nitriles is 1. The molecule has 148 valence electrons. The molecule has 1 aromatic heterocycles. The molecule has 0 unspecified atom stereocenters. The zero-order valence-electron chi connectivity index (χ0n) is 16.9. The van der Waals surface area contributed by atoms with E-state index in [0.717, 1.165) is 23.1 Å². The van der Waals surface area contributed by atoms with Crippen molar-refractivity contribution in [2.45, 2.75) is 51.9 Å². The molecule has 0 spiro atoms. The smallest absolute Gasteiger partial charge is 0.234 e. The fraction of sp³-hybridized carbons (Fsp3) is 0.320. The average Bonchev–Trinajstić information content (AvgIpc) is 2.77. The molecule has 3 aromatic rings. The van der Waals surface area contributed by atoms with E-state index in [1.165, 1.54) is 50.3 Å². The third-order valence-electron chi connectivity index (χ3n) is 5.11. The first-order chi connectivity index (χ1) is 14.2. The van der Waals surface area contributed by atoms with Gasteiger partial charge >= 0.3 is 0 Å². The molecule has 0 aliphatic heterocycles. The number of benzene rings is 2.